The molecule has 1 aliphatic carbocycles. The summed E-state index contributed by atoms with van der Waals surface area (Å²) in [4.78, 5) is 40.9. The number of piperazine rings is 1. The Balaban J connectivity index is 1.21. The van der Waals surface area contributed by atoms with E-state index in [-0.39, 0.29) is 30.9 Å². The lowest BCUT2D eigenvalue weighted by atomic mass is 9.81. The van der Waals surface area contributed by atoms with Crippen LogP contribution in [0.2, 0.25) is 0 Å². The van der Waals surface area contributed by atoms with Gasteiger partial charge in [0.25, 0.3) is 5.91 Å². The van der Waals surface area contributed by atoms with Crippen molar-refractivity contribution in [2.75, 3.05) is 55.7 Å². The van der Waals surface area contributed by atoms with Crippen molar-refractivity contribution in [1.82, 2.24) is 19.5 Å². The molecule has 56 heavy (non-hydrogen) atoms. The Morgan fingerprint density at radius 1 is 0.821 bits per heavy atom. The van der Waals surface area contributed by atoms with Crippen LogP contribution >= 0.6 is 0 Å². The van der Waals surface area contributed by atoms with Gasteiger partial charge in [-0.05, 0) is 97.3 Å². The molecule has 1 saturated carbocycles. The average Bonchev–Trinajstić information content (AvgIpc) is 3.50. The number of nitrogens with zero attached hydrogens (tertiary/aromatic N) is 3. The lowest BCUT2D eigenvalue weighted by Crippen LogP contribution is -2.48. The van der Waals surface area contributed by atoms with E-state index in [9.17, 15) is 22.8 Å². The Morgan fingerprint density at radius 2 is 1.50 bits per heavy atom. The number of amides is 3. The summed E-state index contributed by atoms with van der Waals surface area (Å²) in [5.41, 5.74) is 7.17. The number of nitrogens with one attached hydrogen (secondary N) is 3. The van der Waals surface area contributed by atoms with Crippen molar-refractivity contribution in [1.29, 1.82) is 0 Å². The van der Waals surface area contributed by atoms with Crippen molar-refractivity contribution in [2.45, 2.75) is 83.8 Å². The summed E-state index contributed by atoms with van der Waals surface area (Å²) in [5.74, 6) is 0.686. The lowest BCUT2D eigenvalue weighted by molar-refractivity contribution is -0.121. The van der Waals surface area contributed by atoms with Crippen molar-refractivity contribution in [3.05, 3.63) is 77.4 Å². The van der Waals surface area contributed by atoms with Crippen LogP contribution in [0.25, 0.3) is 22.2 Å². The normalized spacial score (nSPS) is 18.2. The van der Waals surface area contributed by atoms with Crippen molar-refractivity contribution in [3.8, 4) is 17.0 Å². The predicted octanol–water partition coefficient (Wildman–Crippen LogP) is 6.40. The number of anilines is 2. The molecule has 12 nitrogen and oxygen atoms in total. The third kappa shape index (κ3) is 9.21. The van der Waals surface area contributed by atoms with Crippen molar-refractivity contribution in [3.63, 3.8) is 0 Å². The van der Waals surface area contributed by atoms with E-state index in [0.717, 1.165) is 84.8 Å². The van der Waals surface area contributed by atoms with Crippen LogP contribution in [0.5, 0.6) is 5.75 Å². The van der Waals surface area contributed by atoms with Gasteiger partial charge in [0.2, 0.25) is 21.8 Å². The molecular weight excluding hydrogens is 729 g/mol. The topological polar surface area (TPSA) is 142 Å². The predicted molar refractivity (Wildman–Crippen MR) is 221 cm³/mol. The van der Waals surface area contributed by atoms with Crippen LogP contribution in [-0.4, -0.2) is 80.5 Å². The van der Waals surface area contributed by atoms with Crippen molar-refractivity contribution >= 4 is 50.0 Å². The van der Waals surface area contributed by atoms with E-state index in [2.05, 4.69) is 43.6 Å². The second-order valence-electron chi connectivity index (χ2n) is 15.4. The number of rotatable bonds is 8. The zero-order chi connectivity index (χ0) is 39.2. The highest BCUT2D eigenvalue weighted by molar-refractivity contribution is 7.88. The van der Waals surface area contributed by atoms with Gasteiger partial charge >= 0.3 is 0 Å². The fraction of sp³-hybridized carbons (Fsp3) is 0.465. The van der Waals surface area contributed by atoms with Crippen molar-refractivity contribution < 1.29 is 27.5 Å². The standard InChI is InChI=1S/C43H54N6O6S/c1-30(50)46-35-15-19-38(47-22-24-48(25-23-47)56(2,53)54)34(26-35)29-55-36-16-12-32(13-17-36)42-41(31-10-6-5-7-11-31)37-18-14-33-27-39(37)49(42)28-40(51)44-20-8-3-4-9-21-45-43(33)52/h12-19,26-27,31H,3-11,20-25,28-29H2,1-2H3,(H,44,51)(H,45,52)(H,46,50). The first-order chi connectivity index (χ1) is 27.0. The molecule has 3 aliphatic rings. The molecule has 7 rings (SSSR count). The Kier molecular flexibility index (Phi) is 12.3. The van der Waals surface area contributed by atoms with E-state index in [1.54, 1.807) is 0 Å². The summed E-state index contributed by atoms with van der Waals surface area (Å²) in [6, 6.07) is 19.7. The van der Waals surface area contributed by atoms with Crippen LogP contribution in [0, 0.1) is 0 Å². The number of fused-ring (bicyclic) bond motifs is 1. The Morgan fingerprint density at radius 3 is 2.20 bits per heavy atom. The third-order valence-corrected chi connectivity index (χ3v) is 12.7. The van der Waals surface area contributed by atoms with Gasteiger partial charge in [0, 0.05) is 74.1 Å². The van der Waals surface area contributed by atoms with Gasteiger partial charge in [-0.1, -0.05) is 38.2 Å². The third-order valence-electron chi connectivity index (χ3n) is 11.4. The van der Waals surface area contributed by atoms with E-state index in [1.807, 2.05) is 42.5 Å². The highest BCUT2D eigenvalue weighted by Gasteiger charge is 2.29. The van der Waals surface area contributed by atoms with Gasteiger partial charge in [-0.25, -0.2) is 8.42 Å². The Hall–Kier alpha value is -4.88. The minimum absolute atomic E-state index is 0.0435. The number of ether oxygens (including phenoxy) is 1. The van der Waals surface area contributed by atoms with Crippen LogP contribution in [-0.2, 0) is 32.8 Å². The molecule has 1 aromatic heterocycles. The van der Waals surface area contributed by atoms with Crippen molar-refractivity contribution in [2.24, 2.45) is 0 Å². The molecule has 3 heterocycles. The highest BCUT2D eigenvalue weighted by atomic mass is 32.2. The molecule has 4 aromatic rings. The van der Waals surface area contributed by atoms with E-state index >= 15 is 0 Å². The van der Waals surface area contributed by atoms with Gasteiger partial charge in [-0.3, -0.25) is 14.4 Å². The second-order valence-corrected chi connectivity index (χ2v) is 17.4. The van der Waals surface area contributed by atoms with E-state index in [4.69, 9.17) is 4.74 Å². The highest BCUT2D eigenvalue weighted by Crippen LogP contribution is 2.44. The first kappa shape index (κ1) is 39.4. The smallest absolute Gasteiger partial charge is 0.251 e. The van der Waals surface area contributed by atoms with E-state index < -0.39 is 10.0 Å². The molecule has 298 valence electrons. The Bertz CT molecular complexity index is 2170. The van der Waals surface area contributed by atoms with Crippen LogP contribution in [0.3, 0.4) is 0 Å². The number of benzene rings is 3. The molecule has 3 N–H and O–H groups in total. The summed E-state index contributed by atoms with van der Waals surface area (Å²) in [5, 5.41) is 10.2. The maximum atomic E-state index is 13.6. The molecule has 3 aromatic carbocycles. The first-order valence-corrected chi connectivity index (χ1v) is 21.9. The average molecular weight is 783 g/mol. The maximum Gasteiger partial charge on any atom is 0.251 e. The SMILES string of the molecule is CC(=O)Nc1ccc(N2CCN(S(C)(=O)=O)CC2)c(COc2ccc(-c3c(C4CCCCC4)c4ccc5cc4n3CC(=O)NCCCCCCNC5=O)cc2)c1. The minimum Gasteiger partial charge on any atom is -0.489 e. The molecular formula is C43H54N6O6S. The van der Waals surface area contributed by atoms with E-state index in [0.29, 0.717) is 62.2 Å². The van der Waals surface area contributed by atoms with Gasteiger partial charge in [0.15, 0.2) is 0 Å². The molecule has 0 spiro atoms. The fourth-order valence-corrected chi connectivity index (χ4v) is 9.38. The number of hydrogen-bond acceptors (Lipinski definition) is 7. The number of carbonyl (C=O) groups is 3. The number of sulfonamides is 1. The van der Waals surface area contributed by atoms with Gasteiger partial charge in [0.05, 0.1) is 17.5 Å². The summed E-state index contributed by atoms with van der Waals surface area (Å²) < 4.78 is 34.3. The van der Waals surface area contributed by atoms with Gasteiger partial charge < -0.3 is 30.2 Å². The summed E-state index contributed by atoms with van der Waals surface area (Å²) in [6.45, 7) is 4.96. The summed E-state index contributed by atoms with van der Waals surface area (Å²) in [7, 11) is -3.27. The first-order valence-electron chi connectivity index (χ1n) is 20.1. The molecule has 0 radical (unpaired) electrons. The number of carbonyl (C=O) groups excluding carboxylic acids is 3. The second kappa shape index (κ2) is 17.5. The molecule has 2 bridgehead atoms. The van der Waals surface area contributed by atoms with Crippen LogP contribution in [0.15, 0.2) is 60.7 Å². The Labute approximate surface area is 330 Å². The van der Waals surface area contributed by atoms with Crippen LogP contribution in [0.1, 0.15) is 92.1 Å². The zero-order valence-corrected chi connectivity index (χ0v) is 33.4. The molecule has 0 unspecified atom stereocenters. The zero-order valence-electron chi connectivity index (χ0n) is 32.6. The molecule has 0 atom stereocenters. The quantitative estimate of drug-likeness (QED) is 0.188. The summed E-state index contributed by atoms with van der Waals surface area (Å²) >= 11 is 0. The largest absolute Gasteiger partial charge is 0.489 e. The molecule has 2 fully saturated rings. The summed E-state index contributed by atoms with van der Waals surface area (Å²) in [6.07, 6.45) is 10.7. The maximum absolute atomic E-state index is 13.6. The van der Waals surface area contributed by atoms with E-state index in [1.165, 1.54) is 29.5 Å². The lowest BCUT2D eigenvalue weighted by Gasteiger charge is -2.35. The van der Waals surface area contributed by atoms with Gasteiger partial charge in [-0.15, -0.1) is 0 Å². The molecule has 2 aliphatic heterocycles. The fourth-order valence-electron chi connectivity index (χ4n) is 8.55. The molecule has 1 saturated heterocycles. The van der Waals surface area contributed by atoms with Gasteiger partial charge in [-0.2, -0.15) is 4.31 Å². The minimum atomic E-state index is -3.27. The molecule has 3 amide bonds. The number of hydrogen-bond donors (Lipinski definition) is 3. The number of aromatic nitrogens is 1. The van der Waals surface area contributed by atoms with Crippen LogP contribution in [0.4, 0.5) is 11.4 Å². The van der Waals surface area contributed by atoms with Crippen LogP contribution < -0.4 is 25.6 Å². The monoisotopic (exact) mass is 782 g/mol. The molecule has 13 heteroatoms. The van der Waals surface area contributed by atoms with Gasteiger partial charge in [0.1, 0.15) is 18.9 Å².